The zero-order valence-corrected chi connectivity index (χ0v) is 31.0. The lowest BCUT2D eigenvalue weighted by atomic mass is 9.75. The predicted molar refractivity (Wildman–Crippen MR) is 213 cm³/mol. The standard InChI is InChI=1S/C47H49N5/c1-5-38-34(32-18-10-8-11-19-32)26-27-35(33-20-12-9-13-21-33)39-28-29-47(37-23-15-16-24-40(37)51(38)39)45(6-2)36-22-14-17-25-41(36)52-43-42(30-48-31-49-43)50(4)44(52)46(45,47)7-3/h8-25,30-31,35,39,44H,5-7,26-29H2,1-4H3. The molecule has 5 aliphatic rings. The van der Waals surface area contributed by atoms with Crippen LogP contribution in [0.3, 0.4) is 0 Å². The molecule has 1 spiro atoms. The smallest absolute Gasteiger partial charge is 0.161 e. The van der Waals surface area contributed by atoms with Gasteiger partial charge in [-0.3, -0.25) is 0 Å². The van der Waals surface area contributed by atoms with Crippen molar-refractivity contribution in [2.45, 2.75) is 94.7 Å². The highest BCUT2D eigenvalue weighted by Crippen LogP contribution is 2.89. The van der Waals surface area contributed by atoms with Gasteiger partial charge in [0.25, 0.3) is 0 Å². The van der Waals surface area contributed by atoms with Gasteiger partial charge >= 0.3 is 0 Å². The summed E-state index contributed by atoms with van der Waals surface area (Å²) in [5, 5.41) is 0. The van der Waals surface area contributed by atoms with Crippen molar-refractivity contribution in [2.24, 2.45) is 5.41 Å². The Bertz CT molecular complexity index is 2200. The second-order valence-corrected chi connectivity index (χ2v) is 15.8. The first kappa shape index (κ1) is 31.8. The first-order valence-corrected chi connectivity index (χ1v) is 19.7. The molecular formula is C47H49N5. The lowest BCUT2D eigenvalue weighted by Crippen LogP contribution is -2.52. The lowest BCUT2D eigenvalue weighted by Gasteiger charge is -2.45. The third-order valence-electron chi connectivity index (χ3n) is 14.5. The highest BCUT2D eigenvalue weighted by Gasteiger charge is 2.91. The van der Waals surface area contributed by atoms with E-state index in [1.807, 2.05) is 6.20 Å². The fraction of sp³-hybridized carbons (Fsp3) is 0.362. The van der Waals surface area contributed by atoms with E-state index in [0.29, 0.717) is 12.0 Å². The zero-order valence-electron chi connectivity index (χ0n) is 31.0. The number of para-hydroxylation sites is 2. The molecule has 1 aromatic heterocycles. The van der Waals surface area contributed by atoms with Crippen LogP contribution in [0.4, 0.5) is 22.9 Å². The summed E-state index contributed by atoms with van der Waals surface area (Å²) in [7, 11) is 2.30. The van der Waals surface area contributed by atoms with Crippen molar-refractivity contribution in [3.63, 3.8) is 0 Å². The van der Waals surface area contributed by atoms with Crippen LogP contribution < -0.4 is 14.7 Å². The average Bonchev–Trinajstić information content (AvgIpc) is 3.74. The van der Waals surface area contributed by atoms with Crippen LogP contribution in [0.15, 0.2) is 127 Å². The summed E-state index contributed by atoms with van der Waals surface area (Å²) in [6.07, 6.45) is 11.6. The van der Waals surface area contributed by atoms with Gasteiger partial charge in [0.05, 0.1) is 6.20 Å². The van der Waals surface area contributed by atoms with Gasteiger partial charge in [-0.15, -0.1) is 0 Å². The molecule has 4 aliphatic heterocycles. The highest BCUT2D eigenvalue weighted by atomic mass is 15.5. The molecule has 52 heavy (non-hydrogen) atoms. The Morgan fingerprint density at radius 3 is 2.10 bits per heavy atom. The maximum Gasteiger partial charge on any atom is 0.161 e. The van der Waals surface area contributed by atoms with Crippen LogP contribution in [0, 0.1) is 5.41 Å². The van der Waals surface area contributed by atoms with Crippen LogP contribution in [0.1, 0.15) is 93.9 Å². The number of rotatable bonds is 5. The monoisotopic (exact) mass is 683 g/mol. The van der Waals surface area contributed by atoms with E-state index in [4.69, 9.17) is 4.98 Å². The molecular weight excluding hydrogens is 635 g/mol. The van der Waals surface area contributed by atoms with Crippen LogP contribution in [0.2, 0.25) is 0 Å². The summed E-state index contributed by atoms with van der Waals surface area (Å²) in [4.78, 5) is 17.6. The summed E-state index contributed by atoms with van der Waals surface area (Å²) in [5.41, 5.74) is 12.6. The fourth-order valence-electron chi connectivity index (χ4n) is 13.0. The molecule has 5 nitrogen and oxygen atoms in total. The fourth-order valence-corrected chi connectivity index (χ4v) is 13.0. The Hall–Kier alpha value is -4.90. The van der Waals surface area contributed by atoms with Gasteiger partial charge in [0, 0.05) is 52.3 Å². The first-order valence-electron chi connectivity index (χ1n) is 19.7. The number of allylic oxidation sites excluding steroid dienone is 2. The van der Waals surface area contributed by atoms with Gasteiger partial charge in [0.1, 0.15) is 18.2 Å². The summed E-state index contributed by atoms with van der Waals surface area (Å²) in [5.74, 6) is 1.46. The molecule has 262 valence electrons. The zero-order chi connectivity index (χ0) is 35.2. The van der Waals surface area contributed by atoms with Crippen molar-refractivity contribution < 1.29 is 0 Å². The van der Waals surface area contributed by atoms with E-state index in [9.17, 15) is 0 Å². The maximum atomic E-state index is 4.99. The van der Waals surface area contributed by atoms with Gasteiger partial charge in [-0.25, -0.2) is 9.97 Å². The number of nitrogens with zero attached hydrogens (tertiary/aromatic N) is 5. The van der Waals surface area contributed by atoms with Crippen LogP contribution in [0.25, 0.3) is 5.57 Å². The van der Waals surface area contributed by atoms with Gasteiger partial charge in [0.15, 0.2) is 5.82 Å². The molecule has 0 saturated heterocycles. The largest absolute Gasteiger partial charge is 0.349 e. The lowest BCUT2D eigenvalue weighted by molar-refractivity contribution is 0.284. The summed E-state index contributed by atoms with van der Waals surface area (Å²) >= 11 is 0. The Balaban J connectivity index is 1.27. The van der Waals surface area contributed by atoms with E-state index < -0.39 is 0 Å². The van der Waals surface area contributed by atoms with Crippen LogP contribution in [-0.4, -0.2) is 29.2 Å². The Morgan fingerprint density at radius 1 is 0.712 bits per heavy atom. The molecule has 1 aliphatic carbocycles. The van der Waals surface area contributed by atoms with Gasteiger partial charge in [-0.1, -0.05) is 118 Å². The van der Waals surface area contributed by atoms with E-state index in [1.165, 1.54) is 39.3 Å². The summed E-state index contributed by atoms with van der Waals surface area (Å²) < 4.78 is 0. The van der Waals surface area contributed by atoms with E-state index in [1.54, 1.807) is 11.9 Å². The van der Waals surface area contributed by atoms with Gasteiger partial charge in [-0.05, 0) is 84.9 Å². The number of hydrogen-bond donors (Lipinski definition) is 0. The molecule has 6 unspecified atom stereocenters. The minimum atomic E-state index is -0.0848. The molecule has 6 atom stereocenters. The van der Waals surface area contributed by atoms with Crippen LogP contribution in [-0.2, 0) is 10.8 Å². The number of hydrogen-bond acceptors (Lipinski definition) is 5. The molecule has 4 aromatic carbocycles. The van der Waals surface area contributed by atoms with Crippen LogP contribution in [0.5, 0.6) is 0 Å². The SMILES string of the molecule is CCC1=C(c2ccccc2)CCC(c2ccccc2)C2CCC3(c4ccccc4N12)C1(CC)c2ccccc2N2c4ncncc4N(C)C2C31CC. The third kappa shape index (κ3) is 3.69. The van der Waals surface area contributed by atoms with Crippen molar-refractivity contribution >= 4 is 28.5 Å². The van der Waals surface area contributed by atoms with Gasteiger partial charge < -0.3 is 14.7 Å². The van der Waals surface area contributed by atoms with Crippen molar-refractivity contribution in [2.75, 3.05) is 21.7 Å². The third-order valence-corrected chi connectivity index (χ3v) is 14.5. The normalized spacial score (nSPS) is 29.7. The van der Waals surface area contributed by atoms with Crippen molar-refractivity contribution in [1.82, 2.24) is 9.97 Å². The molecule has 1 fully saturated rings. The summed E-state index contributed by atoms with van der Waals surface area (Å²) in [6.45, 7) is 7.35. The van der Waals surface area contributed by atoms with E-state index in [0.717, 1.165) is 56.5 Å². The highest BCUT2D eigenvalue weighted by molar-refractivity contribution is 5.89. The molecule has 10 rings (SSSR count). The predicted octanol–water partition coefficient (Wildman–Crippen LogP) is 10.8. The van der Waals surface area contributed by atoms with Gasteiger partial charge in [0.2, 0.25) is 0 Å². The molecule has 1 saturated carbocycles. The molecule has 0 bridgehead atoms. The van der Waals surface area contributed by atoms with Crippen molar-refractivity contribution in [3.8, 4) is 0 Å². The van der Waals surface area contributed by atoms with E-state index in [-0.39, 0.29) is 22.4 Å². The van der Waals surface area contributed by atoms with Crippen LogP contribution >= 0.6 is 0 Å². The minimum absolute atomic E-state index is 0.0440. The Kier molecular flexibility index (Phi) is 7.06. The molecule has 5 heterocycles. The second kappa shape index (κ2) is 11.6. The quantitative estimate of drug-likeness (QED) is 0.184. The minimum Gasteiger partial charge on any atom is -0.349 e. The maximum absolute atomic E-state index is 4.99. The van der Waals surface area contributed by atoms with E-state index in [2.05, 4.69) is 157 Å². The Morgan fingerprint density at radius 2 is 1.38 bits per heavy atom. The number of benzene rings is 4. The van der Waals surface area contributed by atoms with Crippen molar-refractivity contribution in [1.29, 1.82) is 0 Å². The Labute approximate surface area is 309 Å². The number of aromatic nitrogens is 2. The topological polar surface area (TPSA) is 35.5 Å². The molecule has 0 radical (unpaired) electrons. The molecule has 5 aromatic rings. The second-order valence-electron chi connectivity index (χ2n) is 15.8. The summed E-state index contributed by atoms with van der Waals surface area (Å²) in [6, 6.07) is 42.1. The van der Waals surface area contributed by atoms with Gasteiger partial charge in [-0.2, -0.15) is 0 Å². The van der Waals surface area contributed by atoms with Crippen molar-refractivity contribution in [3.05, 3.63) is 150 Å². The first-order chi connectivity index (χ1) is 25.6. The van der Waals surface area contributed by atoms with E-state index >= 15 is 0 Å². The molecule has 5 heteroatoms. The molecule has 0 N–H and O–H groups in total. The number of fused-ring (bicyclic) bond motifs is 14. The average molecular weight is 684 g/mol. The molecule has 0 amide bonds. The number of anilines is 4.